The molecule has 5 atom stereocenters. The van der Waals surface area contributed by atoms with Crippen molar-refractivity contribution in [3.8, 4) is 0 Å². The van der Waals surface area contributed by atoms with E-state index >= 15 is 0 Å². The molecule has 3 saturated carbocycles. The van der Waals surface area contributed by atoms with Gasteiger partial charge in [-0.2, -0.15) is 0 Å². The van der Waals surface area contributed by atoms with Gasteiger partial charge in [0.1, 0.15) is 11.9 Å². The fourth-order valence-corrected chi connectivity index (χ4v) is 5.32. The molecule has 5 heteroatoms. The summed E-state index contributed by atoms with van der Waals surface area (Å²) >= 11 is 0. The van der Waals surface area contributed by atoms with Crippen LogP contribution in [0.25, 0.3) is 0 Å². The van der Waals surface area contributed by atoms with Gasteiger partial charge in [0, 0.05) is 5.46 Å². The van der Waals surface area contributed by atoms with Crippen molar-refractivity contribution >= 4 is 12.6 Å². The van der Waals surface area contributed by atoms with E-state index in [1.165, 1.54) is 6.42 Å². The van der Waals surface area contributed by atoms with Crippen LogP contribution in [0.5, 0.6) is 0 Å². The largest absolute Gasteiger partial charge is 0.498 e. The molecule has 2 heterocycles. The van der Waals surface area contributed by atoms with E-state index in [4.69, 9.17) is 13.7 Å². The van der Waals surface area contributed by atoms with E-state index in [1.807, 2.05) is 6.07 Å². The third-order valence-corrected chi connectivity index (χ3v) is 7.06. The predicted molar refractivity (Wildman–Crippen MR) is 92.9 cm³/mol. The molecule has 0 unspecified atom stereocenters. The highest BCUT2D eigenvalue weighted by Crippen LogP contribution is 2.65. The van der Waals surface area contributed by atoms with Crippen LogP contribution >= 0.6 is 0 Å². The van der Waals surface area contributed by atoms with Gasteiger partial charge in [-0.3, -0.25) is 0 Å². The summed E-state index contributed by atoms with van der Waals surface area (Å²) in [6.07, 6.45) is 6.27. The van der Waals surface area contributed by atoms with Gasteiger partial charge in [-0.25, -0.2) is 0 Å². The molecule has 0 spiro atoms. The van der Waals surface area contributed by atoms with Crippen molar-refractivity contribution in [2.75, 3.05) is 0 Å². The highest BCUT2D eigenvalue weighted by molar-refractivity contribution is 6.62. The number of furan rings is 1. The zero-order valence-electron chi connectivity index (χ0n) is 15.2. The SMILES string of the molecule is CCCC[C@@H](O)c1occc1B1O[C@@H]2C[C@@H]3C[C@@H](C3(C)C)[C@]2(C)O1. The summed E-state index contributed by atoms with van der Waals surface area (Å²) in [7, 11) is -0.417. The number of hydrogen-bond acceptors (Lipinski definition) is 4. The molecule has 2 bridgehead atoms. The minimum absolute atomic E-state index is 0.148. The van der Waals surface area contributed by atoms with Crippen LogP contribution in [-0.2, 0) is 9.31 Å². The van der Waals surface area contributed by atoms with Gasteiger partial charge >= 0.3 is 7.12 Å². The molecule has 1 aromatic heterocycles. The summed E-state index contributed by atoms with van der Waals surface area (Å²) in [5.41, 5.74) is 0.971. The van der Waals surface area contributed by atoms with Crippen LogP contribution in [0.4, 0.5) is 0 Å². The molecule has 1 aliphatic heterocycles. The highest BCUT2D eigenvalue weighted by atomic mass is 16.7. The summed E-state index contributed by atoms with van der Waals surface area (Å²) in [5, 5.41) is 10.4. The number of unbranched alkanes of at least 4 members (excludes halogenated alkanes) is 1. The Hall–Kier alpha value is -0.775. The maximum Gasteiger partial charge on any atom is 0.498 e. The molecular formula is C19H29BO4. The fourth-order valence-electron chi connectivity index (χ4n) is 5.32. The maximum absolute atomic E-state index is 10.4. The van der Waals surface area contributed by atoms with Gasteiger partial charge in [0.15, 0.2) is 0 Å². The number of hydrogen-bond donors (Lipinski definition) is 1. The zero-order chi connectivity index (χ0) is 17.1. The molecule has 3 aliphatic carbocycles. The first-order valence-corrected chi connectivity index (χ1v) is 9.46. The van der Waals surface area contributed by atoms with Gasteiger partial charge in [0.05, 0.1) is 18.0 Å². The average Bonchev–Trinajstić information content (AvgIpc) is 3.14. The lowest BCUT2D eigenvalue weighted by Gasteiger charge is -2.64. The summed E-state index contributed by atoms with van der Waals surface area (Å²) in [6.45, 7) is 9.06. The topological polar surface area (TPSA) is 51.8 Å². The normalized spacial score (nSPS) is 37.9. The number of aliphatic hydroxyl groups is 1. The van der Waals surface area contributed by atoms with Gasteiger partial charge in [0.2, 0.25) is 0 Å². The van der Waals surface area contributed by atoms with E-state index < -0.39 is 13.2 Å². The van der Waals surface area contributed by atoms with E-state index in [0.717, 1.165) is 30.6 Å². The van der Waals surface area contributed by atoms with Crippen molar-refractivity contribution < 1.29 is 18.8 Å². The zero-order valence-corrected chi connectivity index (χ0v) is 15.2. The smallest absolute Gasteiger partial charge is 0.467 e. The van der Waals surface area contributed by atoms with Crippen LogP contribution in [0.3, 0.4) is 0 Å². The van der Waals surface area contributed by atoms with Crippen LogP contribution in [0.2, 0.25) is 0 Å². The number of aliphatic hydroxyl groups excluding tert-OH is 1. The molecule has 0 aromatic carbocycles. The maximum atomic E-state index is 10.4. The molecule has 4 nitrogen and oxygen atoms in total. The van der Waals surface area contributed by atoms with Gasteiger partial charge in [-0.1, -0.05) is 33.6 Å². The van der Waals surface area contributed by atoms with E-state index in [0.29, 0.717) is 23.5 Å². The Morgan fingerprint density at radius 2 is 2.12 bits per heavy atom. The van der Waals surface area contributed by atoms with Gasteiger partial charge in [0.25, 0.3) is 0 Å². The van der Waals surface area contributed by atoms with Crippen LogP contribution in [0.15, 0.2) is 16.7 Å². The second kappa shape index (κ2) is 5.62. The first-order chi connectivity index (χ1) is 11.4. The number of rotatable bonds is 5. The van der Waals surface area contributed by atoms with Crippen molar-refractivity contribution in [3.63, 3.8) is 0 Å². The summed E-state index contributed by atoms with van der Waals surface area (Å²) in [4.78, 5) is 0. The lowest BCUT2D eigenvalue weighted by Crippen LogP contribution is -2.65. The second-order valence-corrected chi connectivity index (χ2v) is 8.70. The monoisotopic (exact) mass is 332 g/mol. The van der Waals surface area contributed by atoms with Gasteiger partial charge < -0.3 is 18.8 Å². The molecule has 5 rings (SSSR count). The van der Waals surface area contributed by atoms with Crippen LogP contribution in [0.1, 0.15) is 71.7 Å². The first-order valence-electron chi connectivity index (χ1n) is 9.46. The summed E-state index contributed by atoms with van der Waals surface area (Å²) in [6, 6.07) is 1.89. The van der Waals surface area contributed by atoms with Gasteiger partial charge in [-0.15, -0.1) is 0 Å². The van der Waals surface area contributed by atoms with E-state index in [2.05, 4.69) is 27.7 Å². The Morgan fingerprint density at radius 3 is 2.83 bits per heavy atom. The minimum atomic E-state index is -0.581. The quantitative estimate of drug-likeness (QED) is 0.839. The Labute approximate surface area is 145 Å². The second-order valence-electron chi connectivity index (χ2n) is 8.70. The Balaban J connectivity index is 1.55. The van der Waals surface area contributed by atoms with Crippen molar-refractivity contribution in [1.29, 1.82) is 0 Å². The minimum Gasteiger partial charge on any atom is -0.467 e. The Kier molecular flexibility index (Phi) is 3.90. The third-order valence-electron chi connectivity index (χ3n) is 7.06. The van der Waals surface area contributed by atoms with Crippen LogP contribution in [-0.4, -0.2) is 23.9 Å². The third kappa shape index (κ3) is 2.24. The average molecular weight is 332 g/mol. The lowest BCUT2D eigenvalue weighted by molar-refractivity contribution is -0.199. The molecule has 1 N–H and O–H groups in total. The molecule has 1 aromatic rings. The molecule has 0 radical (unpaired) electrons. The molecule has 24 heavy (non-hydrogen) atoms. The fraction of sp³-hybridized carbons (Fsp3) is 0.789. The standard InChI is InChI=1S/C19H29BO4/c1-5-6-7-14(21)17-13(8-9-22-17)20-23-16-11-12-10-15(18(12,2)3)19(16,4)24-20/h8-9,12,14-16,21H,5-7,10-11H2,1-4H3/t12-,14+,15-,16+,19-/m0/s1. The lowest BCUT2D eigenvalue weighted by atomic mass is 9.43. The van der Waals surface area contributed by atoms with E-state index in [9.17, 15) is 5.11 Å². The van der Waals surface area contributed by atoms with Gasteiger partial charge in [-0.05, 0) is 49.5 Å². The Bertz CT molecular complexity index is 612. The molecule has 0 amide bonds. The van der Waals surface area contributed by atoms with Crippen LogP contribution in [0, 0.1) is 17.3 Å². The van der Waals surface area contributed by atoms with Crippen molar-refractivity contribution in [2.24, 2.45) is 17.3 Å². The van der Waals surface area contributed by atoms with Crippen molar-refractivity contribution in [3.05, 3.63) is 18.1 Å². The van der Waals surface area contributed by atoms with Crippen molar-refractivity contribution in [1.82, 2.24) is 0 Å². The molecule has 4 fully saturated rings. The molecular weight excluding hydrogens is 303 g/mol. The summed E-state index contributed by atoms with van der Waals surface area (Å²) in [5.74, 6) is 1.89. The molecule has 1 saturated heterocycles. The molecule has 132 valence electrons. The van der Waals surface area contributed by atoms with Crippen LogP contribution < -0.4 is 5.46 Å². The first kappa shape index (κ1) is 16.7. The van der Waals surface area contributed by atoms with E-state index in [-0.39, 0.29) is 11.7 Å². The Morgan fingerprint density at radius 1 is 1.33 bits per heavy atom. The highest BCUT2D eigenvalue weighted by Gasteiger charge is 2.68. The predicted octanol–water partition coefficient (Wildman–Crippen LogP) is 3.44. The van der Waals surface area contributed by atoms with Crippen molar-refractivity contribution in [2.45, 2.75) is 77.6 Å². The summed E-state index contributed by atoms with van der Waals surface area (Å²) < 4.78 is 18.4. The molecule has 4 aliphatic rings. The van der Waals surface area contributed by atoms with E-state index in [1.54, 1.807) is 6.26 Å².